The summed E-state index contributed by atoms with van der Waals surface area (Å²) in [6.07, 6.45) is -10.8. The first-order valence-corrected chi connectivity index (χ1v) is 11.6. The van der Waals surface area contributed by atoms with Crippen molar-refractivity contribution in [2.24, 2.45) is 0 Å². The highest BCUT2D eigenvalue weighted by Gasteiger charge is 2.44. The Morgan fingerprint density at radius 1 is 0.579 bits per heavy atom. The lowest BCUT2D eigenvalue weighted by Gasteiger charge is -2.24. The number of rotatable bonds is 21. The molecule has 13 heteroatoms. The Morgan fingerprint density at radius 3 is 1.55 bits per heavy atom. The molecule has 2 aromatic rings. The van der Waals surface area contributed by atoms with Gasteiger partial charge < -0.3 is 38.6 Å². The number of aliphatic hydroxyl groups excluding tert-OH is 2. The molecule has 0 bridgehead atoms. The van der Waals surface area contributed by atoms with Crippen LogP contribution in [0.1, 0.15) is 0 Å². The van der Waals surface area contributed by atoms with E-state index in [0.717, 1.165) is 0 Å². The third-order valence-corrected chi connectivity index (χ3v) is 4.37. The van der Waals surface area contributed by atoms with Crippen LogP contribution in [0.15, 0.2) is 60.7 Å². The van der Waals surface area contributed by atoms with E-state index in [2.05, 4.69) is 14.2 Å². The van der Waals surface area contributed by atoms with Crippen LogP contribution in [0.3, 0.4) is 0 Å². The van der Waals surface area contributed by atoms with E-state index in [-0.39, 0.29) is 33.0 Å². The fraction of sp³-hybridized carbons (Fsp3) is 0.520. The van der Waals surface area contributed by atoms with E-state index in [1.165, 1.54) is 0 Å². The fourth-order valence-corrected chi connectivity index (χ4v) is 2.72. The Hall–Kier alpha value is -2.52. The summed E-state index contributed by atoms with van der Waals surface area (Å²) in [6, 6.07) is 17.3. The van der Waals surface area contributed by atoms with Crippen molar-refractivity contribution in [2.75, 3.05) is 59.6 Å². The summed E-state index contributed by atoms with van der Waals surface area (Å²) in [5, 5.41) is 19.5. The lowest BCUT2D eigenvalue weighted by molar-refractivity contribution is -0.396. The Balaban J connectivity index is 1.47. The number of ether oxygens (including phenoxy) is 7. The van der Waals surface area contributed by atoms with Gasteiger partial charge in [0.15, 0.2) is 0 Å². The third-order valence-electron chi connectivity index (χ3n) is 4.37. The molecule has 38 heavy (non-hydrogen) atoms. The predicted molar refractivity (Wildman–Crippen MR) is 125 cm³/mol. The molecule has 0 radical (unpaired) electrons. The molecule has 2 aromatic carbocycles. The molecule has 0 fully saturated rings. The van der Waals surface area contributed by atoms with Crippen molar-refractivity contribution in [3.05, 3.63) is 60.7 Å². The van der Waals surface area contributed by atoms with Gasteiger partial charge in [-0.2, -0.15) is 17.6 Å². The summed E-state index contributed by atoms with van der Waals surface area (Å²) in [4.78, 5) is 0. The Kier molecular flexibility index (Phi) is 14.3. The van der Waals surface area contributed by atoms with Crippen LogP contribution < -0.4 is 9.47 Å². The minimum Gasteiger partial charge on any atom is -0.491 e. The minimum atomic E-state index is -4.34. The average Bonchev–Trinajstić information content (AvgIpc) is 2.88. The predicted octanol–water partition coefficient (Wildman–Crippen LogP) is 3.09. The summed E-state index contributed by atoms with van der Waals surface area (Å²) >= 11 is 0. The molecule has 9 nitrogen and oxygen atoms in total. The fourth-order valence-electron chi connectivity index (χ4n) is 2.72. The molecular weight excluding hydrogens is 520 g/mol. The van der Waals surface area contributed by atoms with Gasteiger partial charge in [-0.1, -0.05) is 36.4 Å². The van der Waals surface area contributed by atoms with Crippen molar-refractivity contribution in [2.45, 2.75) is 24.4 Å². The molecular formula is C25H32F4O9. The van der Waals surface area contributed by atoms with Gasteiger partial charge in [0.05, 0.1) is 26.4 Å². The van der Waals surface area contributed by atoms with E-state index in [9.17, 15) is 27.8 Å². The van der Waals surface area contributed by atoms with Crippen LogP contribution >= 0.6 is 0 Å². The first-order chi connectivity index (χ1) is 18.2. The molecule has 0 amide bonds. The number of hydrogen-bond donors (Lipinski definition) is 2. The quantitative estimate of drug-likeness (QED) is 0.137. The molecule has 0 heterocycles. The zero-order valence-electron chi connectivity index (χ0n) is 20.6. The molecule has 0 saturated heterocycles. The van der Waals surface area contributed by atoms with E-state index in [4.69, 9.17) is 18.9 Å². The molecule has 2 atom stereocenters. The summed E-state index contributed by atoms with van der Waals surface area (Å²) in [7, 11) is 0. The zero-order chi connectivity index (χ0) is 27.7. The maximum absolute atomic E-state index is 13.7. The normalized spacial score (nSPS) is 13.7. The van der Waals surface area contributed by atoms with Gasteiger partial charge in [-0.25, -0.2) is 0 Å². The molecule has 0 aliphatic rings. The van der Waals surface area contributed by atoms with Gasteiger partial charge >= 0.3 is 12.2 Å². The number of halogens is 4. The van der Waals surface area contributed by atoms with Gasteiger partial charge in [-0.05, 0) is 24.3 Å². The zero-order valence-corrected chi connectivity index (χ0v) is 20.6. The van der Waals surface area contributed by atoms with Gasteiger partial charge in [0.2, 0.25) is 0 Å². The first-order valence-electron chi connectivity index (χ1n) is 11.6. The number of benzene rings is 2. The van der Waals surface area contributed by atoms with Gasteiger partial charge in [0, 0.05) is 0 Å². The summed E-state index contributed by atoms with van der Waals surface area (Å²) in [5.41, 5.74) is 0. The highest BCUT2D eigenvalue weighted by atomic mass is 19.3. The summed E-state index contributed by atoms with van der Waals surface area (Å²) < 4.78 is 88.0. The standard InChI is InChI=1S/C25H32F4O9/c26-24(27,17-34-14-21(31)16-37-23-9-5-2-6-10-23)38-25(28,29)18-35-19-33-12-11-32-13-20(30)15-36-22-7-3-1-4-8-22/h1-10,20-21,30-31H,11-19H2. The van der Waals surface area contributed by atoms with Crippen molar-refractivity contribution < 1.29 is 60.9 Å². The second kappa shape index (κ2) is 17.1. The molecule has 2 unspecified atom stereocenters. The molecule has 0 aromatic heterocycles. The number of aliphatic hydroxyl groups is 2. The molecule has 214 valence electrons. The SMILES string of the molecule is OC(COCCOCOCC(F)(F)OC(F)(F)COCC(O)COc1ccccc1)COc1ccccc1. The van der Waals surface area contributed by atoms with E-state index in [1.54, 1.807) is 54.6 Å². The first kappa shape index (κ1) is 31.7. The van der Waals surface area contributed by atoms with Crippen LogP contribution in [0.25, 0.3) is 0 Å². The molecule has 0 aliphatic heterocycles. The molecule has 0 aliphatic carbocycles. The van der Waals surface area contributed by atoms with Crippen molar-refractivity contribution in [3.63, 3.8) is 0 Å². The van der Waals surface area contributed by atoms with Crippen LogP contribution in [0.4, 0.5) is 17.6 Å². The van der Waals surface area contributed by atoms with Gasteiger partial charge in [0.25, 0.3) is 0 Å². The number of hydrogen-bond acceptors (Lipinski definition) is 9. The van der Waals surface area contributed by atoms with Gasteiger partial charge in [-0.3, -0.25) is 4.74 Å². The van der Waals surface area contributed by atoms with Crippen LogP contribution in [0.2, 0.25) is 0 Å². The Bertz CT molecular complexity index is 862. The topological polar surface area (TPSA) is 105 Å². The van der Waals surface area contributed by atoms with E-state index in [1.807, 2.05) is 6.07 Å². The van der Waals surface area contributed by atoms with Crippen LogP contribution in [-0.4, -0.2) is 94.3 Å². The van der Waals surface area contributed by atoms with Crippen LogP contribution in [-0.2, 0) is 23.7 Å². The van der Waals surface area contributed by atoms with Crippen molar-refractivity contribution in [3.8, 4) is 11.5 Å². The largest absolute Gasteiger partial charge is 0.491 e. The monoisotopic (exact) mass is 552 g/mol. The minimum absolute atomic E-state index is 0.0159. The third kappa shape index (κ3) is 15.0. The molecule has 0 saturated carbocycles. The highest BCUT2D eigenvalue weighted by molar-refractivity contribution is 5.21. The van der Waals surface area contributed by atoms with Gasteiger partial charge in [-0.15, -0.1) is 0 Å². The summed E-state index contributed by atoms with van der Waals surface area (Å²) in [5.74, 6) is 1.06. The maximum atomic E-state index is 13.7. The van der Waals surface area contributed by atoms with E-state index >= 15 is 0 Å². The number of alkyl halides is 4. The number of para-hydroxylation sites is 2. The highest BCUT2D eigenvalue weighted by Crippen LogP contribution is 2.27. The van der Waals surface area contributed by atoms with E-state index < -0.39 is 51.0 Å². The smallest absolute Gasteiger partial charge is 0.383 e. The van der Waals surface area contributed by atoms with Crippen LogP contribution in [0, 0.1) is 0 Å². The molecule has 2 N–H and O–H groups in total. The van der Waals surface area contributed by atoms with Crippen molar-refractivity contribution >= 4 is 0 Å². The Morgan fingerprint density at radius 2 is 1.03 bits per heavy atom. The average molecular weight is 553 g/mol. The maximum Gasteiger partial charge on any atom is 0.383 e. The second-order valence-corrected chi connectivity index (χ2v) is 7.90. The van der Waals surface area contributed by atoms with Crippen molar-refractivity contribution in [1.82, 2.24) is 0 Å². The lowest BCUT2D eigenvalue weighted by Crippen LogP contribution is -2.40. The van der Waals surface area contributed by atoms with Gasteiger partial charge in [0.1, 0.15) is 56.9 Å². The van der Waals surface area contributed by atoms with E-state index in [0.29, 0.717) is 11.5 Å². The molecule has 0 spiro atoms. The van der Waals surface area contributed by atoms with Crippen molar-refractivity contribution in [1.29, 1.82) is 0 Å². The lowest BCUT2D eigenvalue weighted by atomic mass is 10.3. The van der Waals surface area contributed by atoms with Crippen LogP contribution in [0.5, 0.6) is 11.5 Å². The second-order valence-electron chi connectivity index (χ2n) is 7.90. The molecule has 2 rings (SSSR count). The summed E-state index contributed by atoms with van der Waals surface area (Å²) in [6.45, 7) is -4.52. The Labute approximate surface area is 217 Å².